The number of hydrogen-bond donors (Lipinski definition) is 1. The fourth-order valence-corrected chi connectivity index (χ4v) is 4.01. The summed E-state index contributed by atoms with van der Waals surface area (Å²) in [5.74, 6) is 1.78. The highest BCUT2D eigenvalue weighted by molar-refractivity contribution is 5.80. The summed E-state index contributed by atoms with van der Waals surface area (Å²) in [6.45, 7) is 4.38. The number of nitrogens with zero attached hydrogens (tertiary/aromatic N) is 6. The van der Waals surface area contributed by atoms with Crippen LogP contribution in [0.3, 0.4) is 0 Å². The van der Waals surface area contributed by atoms with Crippen LogP contribution in [0.4, 0.5) is 11.6 Å². The van der Waals surface area contributed by atoms with Gasteiger partial charge in [0.25, 0.3) is 0 Å². The molecule has 0 aliphatic carbocycles. The van der Waals surface area contributed by atoms with Crippen LogP contribution in [0.5, 0.6) is 0 Å². The van der Waals surface area contributed by atoms with Crippen LogP contribution in [0.1, 0.15) is 27.9 Å². The molecule has 0 amide bonds. The normalized spacial score (nSPS) is 13.0. The Balaban J connectivity index is 1.34. The summed E-state index contributed by atoms with van der Waals surface area (Å²) in [6.07, 6.45) is 6.00. The predicted molar refractivity (Wildman–Crippen MR) is 120 cm³/mol. The maximum Gasteiger partial charge on any atom is 0.137 e. The molecule has 7 heteroatoms. The first-order chi connectivity index (χ1) is 15.2. The average molecular weight is 407 g/mol. The van der Waals surface area contributed by atoms with Crippen molar-refractivity contribution in [1.29, 1.82) is 5.26 Å². The van der Waals surface area contributed by atoms with Gasteiger partial charge < -0.3 is 10.2 Å². The number of nitrogens with one attached hydrogen (secondary N) is 1. The quantitative estimate of drug-likeness (QED) is 0.550. The lowest BCUT2D eigenvalue weighted by Gasteiger charge is -2.30. The Morgan fingerprint density at radius 2 is 2.06 bits per heavy atom. The van der Waals surface area contributed by atoms with Gasteiger partial charge in [-0.15, -0.1) is 0 Å². The zero-order valence-electron chi connectivity index (χ0n) is 17.2. The summed E-state index contributed by atoms with van der Waals surface area (Å²) >= 11 is 0. The zero-order chi connectivity index (χ0) is 21.2. The van der Waals surface area contributed by atoms with Crippen molar-refractivity contribution in [3.8, 4) is 6.07 Å². The number of aromatic nitrogens is 4. The number of nitriles is 1. The van der Waals surface area contributed by atoms with Crippen LogP contribution < -0.4 is 10.2 Å². The second-order valence-corrected chi connectivity index (χ2v) is 7.67. The van der Waals surface area contributed by atoms with Crippen LogP contribution in [-0.4, -0.2) is 26.5 Å². The van der Waals surface area contributed by atoms with Crippen molar-refractivity contribution in [2.24, 2.45) is 0 Å². The van der Waals surface area contributed by atoms with E-state index in [0.717, 1.165) is 53.2 Å². The molecular weight excluding hydrogens is 386 g/mol. The molecule has 5 rings (SSSR count). The van der Waals surface area contributed by atoms with Gasteiger partial charge in [-0.25, -0.2) is 9.97 Å². The Morgan fingerprint density at radius 1 is 1.13 bits per heavy atom. The molecular formula is C24H21N7. The molecule has 1 aromatic carbocycles. The van der Waals surface area contributed by atoms with Gasteiger partial charge >= 0.3 is 0 Å². The van der Waals surface area contributed by atoms with Gasteiger partial charge in [-0.2, -0.15) is 5.26 Å². The maximum absolute atomic E-state index is 9.03. The van der Waals surface area contributed by atoms with Crippen LogP contribution >= 0.6 is 0 Å². The van der Waals surface area contributed by atoms with E-state index in [4.69, 9.17) is 5.26 Å². The summed E-state index contributed by atoms with van der Waals surface area (Å²) in [6, 6.07) is 14.2. The van der Waals surface area contributed by atoms with Gasteiger partial charge in [0, 0.05) is 55.1 Å². The molecule has 0 unspecified atom stereocenters. The van der Waals surface area contributed by atoms with Crippen molar-refractivity contribution in [1.82, 2.24) is 19.9 Å². The van der Waals surface area contributed by atoms with E-state index in [-0.39, 0.29) is 0 Å². The van der Waals surface area contributed by atoms with Gasteiger partial charge in [-0.1, -0.05) is 18.2 Å². The van der Waals surface area contributed by atoms with Gasteiger partial charge in [-0.05, 0) is 36.2 Å². The van der Waals surface area contributed by atoms with Gasteiger partial charge in [0.1, 0.15) is 24.0 Å². The third kappa shape index (κ3) is 3.76. The van der Waals surface area contributed by atoms with E-state index in [1.807, 2.05) is 36.5 Å². The number of hydrogen-bond acceptors (Lipinski definition) is 7. The molecule has 1 aliphatic heterocycles. The molecule has 152 valence electrons. The minimum atomic E-state index is 0.568. The van der Waals surface area contributed by atoms with Crippen LogP contribution in [0.25, 0.3) is 10.9 Å². The van der Waals surface area contributed by atoms with E-state index in [1.165, 1.54) is 11.3 Å². The van der Waals surface area contributed by atoms with Gasteiger partial charge in [0.2, 0.25) is 0 Å². The third-order valence-electron chi connectivity index (χ3n) is 5.66. The maximum atomic E-state index is 9.03. The Kier molecular flexibility index (Phi) is 4.89. The first-order valence-corrected chi connectivity index (χ1v) is 10.2. The SMILES string of the molecule is Cc1c(NCc2ccc3cc(C#N)cnc3c2)ncnc1N1CCc2ncccc2C1. The van der Waals surface area contributed by atoms with E-state index in [2.05, 4.69) is 49.2 Å². The number of fused-ring (bicyclic) bond motifs is 2. The van der Waals surface area contributed by atoms with Crippen molar-refractivity contribution in [3.63, 3.8) is 0 Å². The molecule has 0 bridgehead atoms. The molecule has 31 heavy (non-hydrogen) atoms. The summed E-state index contributed by atoms with van der Waals surface area (Å²) < 4.78 is 0. The highest BCUT2D eigenvalue weighted by Gasteiger charge is 2.20. The van der Waals surface area contributed by atoms with E-state index in [1.54, 1.807) is 12.5 Å². The van der Waals surface area contributed by atoms with Gasteiger partial charge in [-0.3, -0.25) is 9.97 Å². The first-order valence-electron chi connectivity index (χ1n) is 10.2. The number of anilines is 2. The molecule has 3 aromatic heterocycles. The lowest BCUT2D eigenvalue weighted by Crippen LogP contribution is -2.32. The molecule has 7 nitrogen and oxygen atoms in total. The van der Waals surface area contributed by atoms with Crippen molar-refractivity contribution >= 4 is 22.5 Å². The second kappa shape index (κ2) is 8.00. The van der Waals surface area contributed by atoms with Gasteiger partial charge in [0.15, 0.2) is 0 Å². The van der Waals surface area contributed by atoms with Gasteiger partial charge in [0.05, 0.1) is 11.1 Å². The lowest BCUT2D eigenvalue weighted by atomic mass is 10.1. The third-order valence-corrected chi connectivity index (χ3v) is 5.66. The topological polar surface area (TPSA) is 90.6 Å². The highest BCUT2D eigenvalue weighted by Crippen LogP contribution is 2.27. The molecule has 0 fully saturated rings. The minimum Gasteiger partial charge on any atom is -0.366 e. The average Bonchev–Trinajstić information content (AvgIpc) is 2.82. The number of rotatable bonds is 4. The Bertz CT molecular complexity index is 1310. The van der Waals surface area contributed by atoms with E-state index >= 15 is 0 Å². The van der Waals surface area contributed by atoms with Crippen LogP contribution in [0, 0.1) is 18.3 Å². The van der Waals surface area contributed by atoms with E-state index in [9.17, 15) is 0 Å². The summed E-state index contributed by atoms with van der Waals surface area (Å²) in [5, 5.41) is 13.4. The minimum absolute atomic E-state index is 0.568. The monoisotopic (exact) mass is 407 g/mol. The summed E-state index contributed by atoms with van der Waals surface area (Å²) in [4.78, 5) is 20.2. The Labute approximate surface area is 180 Å². The fourth-order valence-electron chi connectivity index (χ4n) is 4.01. The predicted octanol–water partition coefficient (Wildman–Crippen LogP) is 3.77. The summed E-state index contributed by atoms with van der Waals surface area (Å²) in [5.41, 5.74) is 6.01. The number of benzene rings is 1. The molecule has 0 atom stereocenters. The summed E-state index contributed by atoms with van der Waals surface area (Å²) in [7, 11) is 0. The fraction of sp³-hybridized carbons (Fsp3) is 0.208. The smallest absolute Gasteiger partial charge is 0.137 e. The van der Waals surface area contributed by atoms with Crippen molar-refractivity contribution < 1.29 is 0 Å². The molecule has 0 spiro atoms. The molecule has 0 radical (unpaired) electrons. The molecule has 0 saturated heterocycles. The van der Waals surface area contributed by atoms with E-state index < -0.39 is 0 Å². The molecule has 4 heterocycles. The standard InChI is InChI=1S/C24H21N7/c1-16-23(28-12-17-4-5-19-9-18(11-25)13-27-22(19)10-17)29-15-30-24(16)31-8-6-21-20(14-31)3-2-7-26-21/h2-5,7,9-10,13,15H,6,8,12,14H2,1H3,(H,28,29,30). The molecule has 0 saturated carbocycles. The van der Waals surface area contributed by atoms with Crippen LogP contribution in [0.15, 0.2) is 55.1 Å². The van der Waals surface area contributed by atoms with Crippen molar-refractivity contribution in [3.05, 3.63) is 83.1 Å². The highest BCUT2D eigenvalue weighted by atomic mass is 15.2. The van der Waals surface area contributed by atoms with Crippen LogP contribution in [0.2, 0.25) is 0 Å². The largest absolute Gasteiger partial charge is 0.366 e. The molecule has 4 aromatic rings. The number of pyridine rings is 2. The van der Waals surface area contributed by atoms with Crippen LogP contribution in [-0.2, 0) is 19.5 Å². The Morgan fingerprint density at radius 3 is 2.97 bits per heavy atom. The van der Waals surface area contributed by atoms with Crippen molar-refractivity contribution in [2.45, 2.75) is 26.4 Å². The zero-order valence-corrected chi connectivity index (χ0v) is 17.2. The molecule has 1 N–H and O–H groups in total. The van der Waals surface area contributed by atoms with E-state index in [0.29, 0.717) is 12.1 Å². The lowest BCUT2D eigenvalue weighted by molar-refractivity contribution is 0.699. The van der Waals surface area contributed by atoms with Crippen molar-refractivity contribution in [2.75, 3.05) is 16.8 Å². The first kappa shape index (κ1) is 18.9. The Hall–Kier alpha value is -4.05. The second-order valence-electron chi connectivity index (χ2n) is 7.67. The molecule has 1 aliphatic rings.